The van der Waals surface area contributed by atoms with Crippen LogP contribution in [-0.2, 0) is 4.79 Å². The Morgan fingerprint density at radius 3 is 2.43 bits per heavy atom. The average molecular weight is 407 g/mol. The highest BCUT2D eigenvalue weighted by Gasteiger charge is 2.50. The van der Waals surface area contributed by atoms with E-state index in [-0.39, 0.29) is 18.6 Å². The summed E-state index contributed by atoms with van der Waals surface area (Å²) in [5, 5.41) is 10.1. The lowest BCUT2D eigenvalue weighted by Gasteiger charge is -2.57. The van der Waals surface area contributed by atoms with Crippen molar-refractivity contribution in [3.8, 4) is 11.8 Å². The number of aliphatic hydroxyl groups excluding tert-OH is 1. The fourth-order valence-electron chi connectivity index (χ4n) is 5.77. The van der Waals surface area contributed by atoms with Crippen molar-refractivity contribution in [2.45, 2.75) is 69.4 Å². The number of hydrogen-bond acceptors (Lipinski definition) is 3. The Balaban J connectivity index is 1.32. The molecule has 0 spiro atoms. The maximum atomic E-state index is 12.8. The van der Waals surface area contributed by atoms with Crippen LogP contribution in [0.5, 0.6) is 0 Å². The molecular formula is C26H34N2O2. The molecule has 160 valence electrons. The van der Waals surface area contributed by atoms with Crippen molar-refractivity contribution in [1.82, 2.24) is 9.80 Å². The largest absolute Gasteiger partial charge is 0.395 e. The van der Waals surface area contributed by atoms with Gasteiger partial charge in [-0.15, -0.1) is 0 Å². The molecule has 1 amide bonds. The summed E-state index contributed by atoms with van der Waals surface area (Å²) < 4.78 is 0. The lowest BCUT2D eigenvalue weighted by molar-refractivity contribution is -0.137. The summed E-state index contributed by atoms with van der Waals surface area (Å²) in [6, 6.07) is 9.18. The third-order valence-electron chi connectivity index (χ3n) is 7.68. The molecule has 0 radical (unpaired) electrons. The summed E-state index contributed by atoms with van der Waals surface area (Å²) in [4.78, 5) is 17.3. The molecule has 3 atom stereocenters. The van der Waals surface area contributed by atoms with E-state index >= 15 is 0 Å². The van der Waals surface area contributed by atoms with Crippen LogP contribution < -0.4 is 0 Å². The highest BCUT2D eigenvalue weighted by Crippen LogP contribution is 2.42. The minimum Gasteiger partial charge on any atom is -0.395 e. The summed E-state index contributed by atoms with van der Waals surface area (Å²) in [6.45, 7) is 2.91. The molecular weight excluding hydrogens is 372 g/mol. The Kier molecular flexibility index (Phi) is 5.85. The minimum atomic E-state index is 0.168. The number of carbonyl (C=O) groups excluding carboxylic acids is 1. The van der Waals surface area contributed by atoms with Crippen LogP contribution >= 0.6 is 0 Å². The smallest absolute Gasteiger partial charge is 0.225 e. The topological polar surface area (TPSA) is 43.8 Å². The van der Waals surface area contributed by atoms with E-state index in [9.17, 15) is 9.90 Å². The molecule has 4 heteroatoms. The number of hydrogen-bond donors (Lipinski definition) is 1. The minimum absolute atomic E-state index is 0.168. The molecule has 5 rings (SSSR count). The number of nitrogens with zero attached hydrogens (tertiary/aromatic N) is 2. The zero-order valence-electron chi connectivity index (χ0n) is 17.9. The summed E-state index contributed by atoms with van der Waals surface area (Å²) in [5.41, 5.74) is 2.37. The molecule has 1 aromatic carbocycles. The van der Waals surface area contributed by atoms with Crippen LogP contribution in [0.25, 0.3) is 0 Å². The van der Waals surface area contributed by atoms with Gasteiger partial charge in [0.05, 0.1) is 6.61 Å². The molecule has 0 bridgehead atoms. The summed E-state index contributed by atoms with van der Waals surface area (Å²) in [7, 11) is 0. The molecule has 4 fully saturated rings. The van der Waals surface area contributed by atoms with Crippen molar-refractivity contribution in [2.24, 2.45) is 11.8 Å². The number of aliphatic hydroxyl groups is 1. The van der Waals surface area contributed by atoms with Gasteiger partial charge in [0.1, 0.15) is 0 Å². The third kappa shape index (κ3) is 4.03. The fourth-order valence-corrected chi connectivity index (χ4v) is 5.77. The van der Waals surface area contributed by atoms with Crippen molar-refractivity contribution < 1.29 is 9.90 Å². The zero-order chi connectivity index (χ0) is 20.5. The second kappa shape index (κ2) is 8.73. The van der Waals surface area contributed by atoms with Crippen molar-refractivity contribution in [2.75, 3.05) is 26.2 Å². The van der Waals surface area contributed by atoms with Gasteiger partial charge in [0.25, 0.3) is 0 Å². The van der Waals surface area contributed by atoms with Gasteiger partial charge in [0, 0.05) is 48.5 Å². The van der Waals surface area contributed by atoms with Gasteiger partial charge in [-0.05, 0) is 62.8 Å². The van der Waals surface area contributed by atoms with Crippen molar-refractivity contribution in [3.05, 3.63) is 35.4 Å². The van der Waals surface area contributed by atoms with E-state index in [4.69, 9.17) is 0 Å². The van der Waals surface area contributed by atoms with Crippen LogP contribution in [0.1, 0.15) is 68.4 Å². The average Bonchev–Trinajstić information content (AvgIpc) is 3.47. The molecule has 2 saturated heterocycles. The second-order valence-corrected chi connectivity index (χ2v) is 9.72. The quantitative estimate of drug-likeness (QED) is 0.783. The standard InChI is InChI=1S/C26H34N2O2/c29-18-24-25(21-11-9-20(10-12-21)8-7-19-5-1-2-6-19)23-17-27(26(30)22-13-14-22)15-3-4-16-28(23)24/h9-12,19,22-25,29H,1-6,13-18H2/t23-,24+,25+/m0/s1. The first kappa shape index (κ1) is 20.1. The van der Waals surface area contributed by atoms with Gasteiger partial charge in [-0.25, -0.2) is 0 Å². The van der Waals surface area contributed by atoms with Crippen molar-refractivity contribution in [3.63, 3.8) is 0 Å². The molecule has 2 heterocycles. The molecule has 30 heavy (non-hydrogen) atoms. The Hall–Kier alpha value is -1.83. The fraction of sp³-hybridized carbons (Fsp3) is 0.654. The molecule has 2 saturated carbocycles. The molecule has 0 aromatic heterocycles. The predicted octanol–water partition coefficient (Wildman–Crippen LogP) is 3.39. The number of amides is 1. The van der Waals surface area contributed by atoms with Crippen LogP contribution in [-0.4, -0.2) is 59.1 Å². The lowest BCUT2D eigenvalue weighted by Crippen LogP contribution is -2.68. The zero-order valence-corrected chi connectivity index (χ0v) is 17.9. The van der Waals surface area contributed by atoms with Crippen LogP contribution in [0.4, 0.5) is 0 Å². The molecule has 4 aliphatic rings. The molecule has 1 N–H and O–H groups in total. The lowest BCUT2D eigenvalue weighted by atomic mass is 9.74. The maximum Gasteiger partial charge on any atom is 0.225 e. The van der Waals surface area contributed by atoms with E-state index in [1.807, 2.05) is 0 Å². The number of benzene rings is 1. The van der Waals surface area contributed by atoms with E-state index in [1.54, 1.807) is 0 Å². The predicted molar refractivity (Wildman–Crippen MR) is 118 cm³/mol. The van der Waals surface area contributed by atoms with E-state index in [2.05, 4.69) is 45.9 Å². The maximum absolute atomic E-state index is 12.8. The third-order valence-corrected chi connectivity index (χ3v) is 7.68. The Labute approximate surface area is 180 Å². The van der Waals surface area contributed by atoms with E-state index in [0.29, 0.717) is 23.8 Å². The monoisotopic (exact) mass is 406 g/mol. The van der Waals surface area contributed by atoms with Gasteiger partial charge in [-0.3, -0.25) is 9.69 Å². The van der Waals surface area contributed by atoms with E-state index in [1.165, 1.54) is 31.2 Å². The van der Waals surface area contributed by atoms with Gasteiger partial charge >= 0.3 is 0 Å². The van der Waals surface area contributed by atoms with Gasteiger partial charge in [0.2, 0.25) is 5.91 Å². The SMILES string of the molecule is O=C(C1CC1)N1CCCCN2[C@H](CO)[C@H](c3ccc(C#CC4CCCC4)cc3)[C@@H]2C1. The number of rotatable bonds is 3. The second-order valence-electron chi connectivity index (χ2n) is 9.72. The molecule has 2 aliphatic heterocycles. The number of carbonyl (C=O) groups is 1. The van der Waals surface area contributed by atoms with E-state index in [0.717, 1.165) is 50.9 Å². The first-order valence-electron chi connectivity index (χ1n) is 12.0. The molecule has 1 aromatic rings. The highest BCUT2D eigenvalue weighted by molar-refractivity contribution is 5.81. The van der Waals surface area contributed by atoms with Gasteiger partial charge < -0.3 is 10.0 Å². The Bertz CT molecular complexity index is 814. The number of fused-ring (bicyclic) bond motifs is 1. The van der Waals surface area contributed by atoms with Crippen LogP contribution in [0.2, 0.25) is 0 Å². The van der Waals surface area contributed by atoms with Crippen molar-refractivity contribution in [1.29, 1.82) is 0 Å². The molecule has 0 unspecified atom stereocenters. The van der Waals surface area contributed by atoms with Crippen molar-refractivity contribution >= 4 is 5.91 Å². The summed E-state index contributed by atoms with van der Waals surface area (Å²) >= 11 is 0. The first-order chi connectivity index (χ1) is 14.7. The molecule has 4 nitrogen and oxygen atoms in total. The van der Waals surface area contributed by atoms with E-state index < -0.39 is 0 Å². The van der Waals surface area contributed by atoms with Gasteiger partial charge in [0.15, 0.2) is 0 Å². The summed E-state index contributed by atoms with van der Waals surface area (Å²) in [5.74, 6) is 8.33. The van der Waals surface area contributed by atoms with Gasteiger partial charge in [-0.1, -0.05) is 36.8 Å². The highest BCUT2D eigenvalue weighted by atomic mass is 16.3. The van der Waals surface area contributed by atoms with Crippen LogP contribution in [0.3, 0.4) is 0 Å². The Morgan fingerprint density at radius 1 is 1.00 bits per heavy atom. The van der Waals surface area contributed by atoms with Gasteiger partial charge in [-0.2, -0.15) is 0 Å². The normalized spacial score (nSPS) is 29.9. The van der Waals surface area contributed by atoms with Crippen LogP contribution in [0, 0.1) is 23.7 Å². The first-order valence-corrected chi connectivity index (χ1v) is 12.0. The Morgan fingerprint density at radius 2 is 1.73 bits per heavy atom. The summed E-state index contributed by atoms with van der Waals surface area (Å²) in [6.07, 6.45) is 9.44. The molecule has 2 aliphatic carbocycles. The van der Waals surface area contributed by atoms with Crippen LogP contribution in [0.15, 0.2) is 24.3 Å².